The van der Waals surface area contributed by atoms with Crippen LogP contribution in [-0.4, -0.2) is 32.6 Å². The Morgan fingerprint density at radius 3 is 1.66 bits per heavy atom. The fourth-order valence-electron chi connectivity index (χ4n) is 7.94. The van der Waals surface area contributed by atoms with Crippen molar-refractivity contribution in [1.29, 1.82) is 10.5 Å². The van der Waals surface area contributed by atoms with E-state index in [0.717, 1.165) is 42.7 Å². The third-order valence-electron chi connectivity index (χ3n) is 11.2. The maximum absolute atomic E-state index is 14.2. The molecule has 12 heteroatoms. The number of hydrogen-bond acceptors (Lipinski definition) is 9. The SMILES string of the molecule is Cc1ccccc1C(=O)NC1=NC(=Cc2[nH]c(NC(=O)c3ccccc3C)c(-c3nc4ccccc4s3)c2-c2ccc(C#N)cc2)C(c2ccc(C#N)cc2)=C1c1nc2ccccc2s1. The number of carbonyl (C=O) groups excluding carboxylic acids is 2. The van der Waals surface area contributed by atoms with Gasteiger partial charge in [0, 0.05) is 22.3 Å². The number of amides is 2. The van der Waals surface area contributed by atoms with Crippen LogP contribution >= 0.6 is 22.7 Å². The molecule has 0 bridgehead atoms. The van der Waals surface area contributed by atoms with Crippen LogP contribution in [0.25, 0.3) is 59.4 Å². The molecular weight excluding hydrogens is 845 g/mol. The Kier molecular flexibility index (Phi) is 10.6. The first kappa shape index (κ1) is 40.5. The molecule has 2 amide bonds. The lowest BCUT2D eigenvalue weighted by molar-refractivity contribution is 0.0975. The lowest BCUT2D eigenvalue weighted by atomic mass is 9.95. The Balaban J connectivity index is 1.26. The third kappa shape index (κ3) is 7.70. The molecule has 310 valence electrons. The number of fused-ring (bicyclic) bond motifs is 2. The van der Waals surface area contributed by atoms with Gasteiger partial charge in [-0.05, 0) is 103 Å². The van der Waals surface area contributed by atoms with E-state index in [1.807, 2.05) is 129 Å². The van der Waals surface area contributed by atoms with Crippen molar-refractivity contribution in [2.24, 2.45) is 4.99 Å². The second kappa shape index (κ2) is 17.0. The maximum Gasteiger partial charge on any atom is 0.257 e. The van der Waals surface area contributed by atoms with Gasteiger partial charge in [-0.2, -0.15) is 10.5 Å². The van der Waals surface area contributed by atoms with E-state index in [4.69, 9.17) is 15.0 Å². The number of anilines is 1. The van der Waals surface area contributed by atoms with Crippen molar-refractivity contribution in [2.75, 3.05) is 5.32 Å². The molecule has 6 aromatic carbocycles. The standard InChI is InChI=1S/C53H34N8O2S2/c1-30-11-3-5-13-36(30)50(62)60-48-46(52-58-38-15-7-9-17-42(38)64-52)44(34-23-19-32(28-54)20-24-34)40(56-48)27-41-45(35-25-21-33(29-55)22-26-35)47(53-59-39-16-8-10-18-43(39)65-53)49(57-41)61-51(63)37-14-6-4-12-31(37)2/h3-27,56H,1-2H3,(H,60,62)(H,57,61,63). The van der Waals surface area contributed by atoms with Crippen molar-refractivity contribution in [3.63, 3.8) is 0 Å². The summed E-state index contributed by atoms with van der Waals surface area (Å²) in [6.45, 7) is 3.78. The largest absolute Gasteiger partial charge is 0.341 e. The van der Waals surface area contributed by atoms with E-state index in [1.54, 1.807) is 36.4 Å². The quantitative estimate of drug-likeness (QED) is 0.138. The summed E-state index contributed by atoms with van der Waals surface area (Å²) >= 11 is 2.98. The molecule has 0 atom stereocenters. The molecule has 0 saturated carbocycles. The molecule has 0 aliphatic carbocycles. The van der Waals surface area contributed by atoms with Gasteiger partial charge in [0.25, 0.3) is 11.8 Å². The molecule has 0 saturated heterocycles. The van der Waals surface area contributed by atoms with Crippen molar-refractivity contribution in [3.8, 4) is 33.8 Å². The fraction of sp³-hybridized carbons (Fsp3) is 0.0377. The minimum Gasteiger partial charge on any atom is -0.341 e. The number of hydrogen-bond donors (Lipinski definition) is 3. The van der Waals surface area contributed by atoms with E-state index in [9.17, 15) is 20.1 Å². The van der Waals surface area contributed by atoms with Crippen LogP contribution in [0.3, 0.4) is 0 Å². The number of carbonyl (C=O) groups is 2. The first-order valence-corrected chi connectivity index (χ1v) is 22.2. The second-order valence-electron chi connectivity index (χ2n) is 15.3. The van der Waals surface area contributed by atoms with E-state index in [2.05, 4.69) is 27.8 Å². The summed E-state index contributed by atoms with van der Waals surface area (Å²) in [4.78, 5) is 47.4. The molecule has 0 unspecified atom stereocenters. The van der Waals surface area contributed by atoms with Crippen LogP contribution in [0.2, 0.25) is 0 Å². The number of nitrogens with zero attached hydrogens (tertiary/aromatic N) is 5. The van der Waals surface area contributed by atoms with Crippen LogP contribution < -0.4 is 10.6 Å². The van der Waals surface area contributed by atoms with Crippen molar-refractivity contribution in [3.05, 3.63) is 201 Å². The number of aliphatic imine (C=N–C) groups is 1. The molecule has 10 nitrogen and oxygen atoms in total. The molecule has 4 heterocycles. The average molecular weight is 879 g/mol. The Bertz CT molecular complexity index is 3510. The maximum atomic E-state index is 14.2. The summed E-state index contributed by atoms with van der Waals surface area (Å²) in [7, 11) is 0. The van der Waals surface area contributed by atoms with Crippen LogP contribution in [0.1, 0.15) is 59.2 Å². The number of H-pyrrole nitrogens is 1. The molecule has 9 aromatic rings. The highest BCUT2D eigenvalue weighted by Crippen LogP contribution is 2.47. The Morgan fingerprint density at radius 2 is 1.09 bits per heavy atom. The topological polar surface area (TPSA) is 160 Å². The number of nitriles is 2. The highest BCUT2D eigenvalue weighted by molar-refractivity contribution is 7.21. The predicted octanol–water partition coefficient (Wildman–Crippen LogP) is 12.0. The van der Waals surface area contributed by atoms with Gasteiger partial charge in [0.15, 0.2) is 0 Å². The van der Waals surface area contributed by atoms with Gasteiger partial charge in [-0.25, -0.2) is 15.0 Å². The number of aromatic amines is 1. The number of nitrogens with one attached hydrogen (secondary N) is 3. The van der Waals surface area contributed by atoms with Gasteiger partial charge < -0.3 is 15.6 Å². The van der Waals surface area contributed by atoms with E-state index < -0.39 is 0 Å². The van der Waals surface area contributed by atoms with Gasteiger partial charge in [0.1, 0.15) is 21.7 Å². The van der Waals surface area contributed by atoms with E-state index >= 15 is 0 Å². The average Bonchev–Trinajstić information content (AvgIpc) is 4.12. The van der Waals surface area contributed by atoms with Crippen LogP contribution in [-0.2, 0) is 0 Å². The predicted molar refractivity (Wildman–Crippen MR) is 260 cm³/mol. The van der Waals surface area contributed by atoms with Crippen LogP contribution in [0.15, 0.2) is 156 Å². The first-order chi connectivity index (χ1) is 31.8. The molecule has 1 aliphatic heterocycles. The first-order valence-electron chi connectivity index (χ1n) is 20.5. The summed E-state index contributed by atoms with van der Waals surface area (Å²) in [5, 5.41) is 27.3. The van der Waals surface area contributed by atoms with Gasteiger partial charge in [-0.1, -0.05) is 84.9 Å². The molecule has 0 spiro atoms. The van der Waals surface area contributed by atoms with E-state index in [1.165, 1.54) is 22.7 Å². The molecule has 3 N–H and O–H groups in total. The zero-order chi connectivity index (χ0) is 44.6. The number of aryl methyl sites for hydroxylation is 2. The number of thiazole rings is 2. The summed E-state index contributed by atoms with van der Waals surface area (Å²) in [6.07, 6.45) is 1.90. The van der Waals surface area contributed by atoms with Gasteiger partial charge >= 0.3 is 0 Å². The number of amidine groups is 1. The molecule has 10 rings (SSSR count). The number of para-hydroxylation sites is 2. The summed E-state index contributed by atoms with van der Waals surface area (Å²) in [5.74, 6) is 0.0646. The number of allylic oxidation sites excluding steroid dienone is 1. The normalized spacial score (nSPS) is 12.9. The minimum absolute atomic E-state index is 0.300. The molecule has 65 heavy (non-hydrogen) atoms. The van der Waals surface area contributed by atoms with Crippen molar-refractivity contribution in [2.45, 2.75) is 13.8 Å². The number of benzene rings is 6. The Labute approximate surface area is 381 Å². The summed E-state index contributed by atoms with van der Waals surface area (Å²) in [5.41, 5.74) is 10.4. The summed E-state index contributed by atoms with van der Waals surface area (Å²) in [6, 6.07) is 49.5. The second-order valence-corrected chi connectivity index (χ2v) is 17.4. The van der Waals surface area contributed by atoms with Crippen molar-refractivity contribution < 1.29 is 9.59 Å². The Morgan fingerprint density at radius 1 is 0.585 bits per heavy atom. The molecular formula is C53H34N8O2S2. The zero-order valence-corrected chi connectivity index (χ0v) is 36.4. The third-order valence-corrected chi connectivity index (χ3v) is 13.3. The molecule has 0 radical (unpaired) electrons. The van der Waals surface area contributed by atoms with E-state index in [-0.39, 0.29) is 11.8 Å². The van der Waals surface area contributed by atoms with Gasteiger partial charge in [-0.15, -0.1) is 22.7 Å². The Hall–Kier alpha value is -8.55. The highest BCUT2D eigenvalue weighted by atomic mass is 32.1. The van der Waals surface area contributed by atoms with Gasteiger partial charge in [0.2, 0.25) is 0 Å². The van der Waals surface area contributed by atoms with Gasteiger partial charge in [0.05, 0.1) is 66.2 Å². The lowest BCUT2D eigenvalue weighted by Gasteiger charge is -2.11. The molecule has 1 aliphatic rings. The van der Waals surface area contributed by atoms with Crippen LogP contribution in [0.5, 0.6) is 0 Å². The van der Waals surface area contributed by atoms with E-state index in [0.29, 0.717) is 77.6 Å². The molecule has 0 fully saturated rings. The number of aromatic nitrogens is 3. The number of rotatable bonds is 8. The van der Waals surface area contributed by atoms with Crippen molar-refractivity contribution in [1.82, 2.24) is 20.3 Å². The monoisotopic (exact) mass is 878 g/mol. The smallest absolute Gasteiger partial charge is 0.257 e. The highest BCUT2D eigenvalue weighted by Gasteiger charge is 2.32. The van der Waals surface area contributed by atoms with Crippen LogP contribution in [0.4, 0.5) is 5.82 Å². The fourth-order valence-corrected chi connectivity index (χ4v) is 9.98. The summed E-state index contributed by atoms with van der Waals surface area (Å²) < 4.78 is 1.92. The minimum atomic E-state index is -0.335. The van der Waals surface area contributed by atoms with Crippen molar-refractivity contribution >= 4 is 83.8 Å². The zero-order valence-electron chi connectivity index (χ0n) is 34.8. The molecule has 3 aromatic heterocycles. The van der Waals surface area contributed by atoms with Gasteiger partial charge in [-0.3, -0.25) is 9.59 Å². The van der Waals surface area contributed by atoms with Crippen LogP contribution in [0, 0.1) is 36.5 Å². The lowest BCUT2D eigenvalue weighted by Crippen LogP contribution is -2.31.